The monoisotopic (exact) mass is 546 g/mol. The average molecular weight is 547 g/mol. The zero-order valence-electron chi connectivity index (χ0n) is 23.9. The zero-order chi connectivity index (χ0) is 29.1. The molecule has 0 bridgehead atoms. The van der Waals surface area contributed by atoms with Crippen molar-refractivity contribution in [1.82, 2.24) is 10.2 Å². The number of nitrogens with one attached hydrogen (secondary N) is 1. The van der Waals surface area contributed by atoms with Crippen LogP contribution < -0.4 is 10.1 Å². The third-order valence-electron chi connectivity index (χ3n) is 7.35. The van der Waals surface area contributed by atoms with Crippen molar-refractivity contribution in [3.05, 3.63) is 78.6 Å². The van der Waals surface area contributed by atoms with E-state index in [-0.39, 0.29) is 24.3 Å². The summed E-state index contributed by atoms with van der Waals surface area (Å²) in [4.78, 5) is 40.3. The van der Waals surface area contributed by atoms with E-state index in [0.717, 1.165) is 22.1 Å². The Bertz CT molecular complexity index is 1380. The van der Waals surface area contributed by atoms with Crippen LogP contribution in [0.2, 0.25) is 0 Å². The lowest BCUT2D eigenvalue weighted by atomic mass is 9.72. The summed E-state index contributed by atoms with van der Waals surface area (Å²) >= 11 is 0. The largest absolute Gasteiger partial charge is 0.469 e. The molecule has 1 aromatic heterocycles. The van der Waals surface area contributed by atoms with Gasteiger partial charge in [-0.25, -0.2) is 9.69 Å². The lowest BCUT2D eigenvalue weighted by Gasteiger charge is -2.53. The summed E-state index contributed by atoms with van der Waals surface area (Å²) in [5.74, 6) is -0.0719. The highest BCUT2D eigenvalue weighted by molar-refractivity contribution is 6.03. The normalized spacial score (nSPS) is 17.2. The van der Waals surface area contributed by atoms with E-state index in [0.29, 0.717) is 25.0 Å². The number of esters is 1. The number of carbonyl (C=O) groups excluding carboxylic acids is 3. The van der Waals surface area contributed by atoms with Gasteiger partial charge in [-0.2, -0.15) is 0 Å². The van der Waals surface area contributed by atoms with E-state index >= 15 is 0 Å². The summed E-state index contributed by atoms with van der Waals surface area (Å²) < 4.78 is 17.1. The predicted molar refractivity (Wildman–Crippen MR) is 153 cm³/mol. The van der Waals surface area contributed by atoms with E-state index in [1.165, 1.54) is 4.90 Å². The highest BCUT2D eigenvalue weighted by Gasteiger charge is 2.63. The van der Waals surface area contributed by atoms with Crippen LogP contribution in [0, 0.1) is 5.41 Å². The minimum absolute atomic E-state index is 0.136. The first-order chi connectivity index (χ1) is 19.0. The quantitative estimate of drug-likeness (QED) is 0.173. The molecule has 2 heterocycles. The number of hydrogen-bond donors (Lipinski definition) is 1. The number of urea groups is 1. The van der Waals surface area contributed by atoms with Gasteiger partial charge in [0.2, 0.25) is 5.91 Å². The Morgan fingerprint density at radius 3 is 2.45 bits per heavy atom. The van der Waals surface area contributed by atoms with Crippen molar-refractivity contribution in [3.8, 4) is 5.75 Å². The predicted octanol–water partition coefficient (Wildman–Crippen LogP) is 6.70. The Morgan fingerprint density at radius 2 is 1.82 bits per heavy atom. The van der Waals surface area contributed by atoms with Crippen LogP contribution in [0.4, 0.5) is 4.79 Å². The van der Waals surface area contributed by atoms with Crippen molar-refractivity contribution in [2.75, 3.05) is 0 Å². The molecule has 3 aromatic rings. The molecule has 2 atom stereocenters. The summed E-state index contributed by atoms with van der Waals surface area (Å²) in [5.41, 5.74) is 1.05. The van der Waals surface area contributed by atoms with Crippen LogP contribution in [0.5, 0.6) is 5.75 Å². The molecule has 1 saturated heterocycles. The first-order valence-electron chi connectivity index (χ1n) is 13.7. The Labute approximate surface area is 235 Å². The van der Waals surface area contributed by atoms with Crippen molar-refractivity contribution >= 4 is 28.9 Å². The standard InChI is InChI=1S/C32H38N2O6/c1-7-10-25(22-13-16-26-23(20-22)17-18-38-26)33-30(37)34-28(36)32(8-2,9-3)29(34)39-24-14-11-21(12-15-24)19-27(35)40-31(4,5)6/h7,11-18,20,25,29H,1,8-10,19H2,2-6H3,(H,33,37)/t25-,29+/m1/s1. The molecule has 2 aromatic carbocycles. The Morgan fingerprint density at radius 1 is 1.12 bits per heavy atom. The topological polar surface area (TPSA) is 98.1 Å². The number of nitrogens with zero attached hydrogens (tertiary/aromatic N) is 1. The number of likely N-dealkylation sites (tertiary alicyclic amines) is 1. The van der Waals surface area contributed by atoms with Gasteiger partial charge in [-0.05, 0) is 81.5 Å². The molecular formula is C32H38N2O6. The molecule has 212 valence electrons. The van der Waals surface area contributed by atoms with Gasteiger partial charge in [-0.1, -0.05) is 38.1 Å². The molecule has 0 saturated carbocycles. The fraction of sp³-hybridized carbons (Fsp3) is 0.406. The van der Waals surface area contributed by atoms with E-state index in [4.69, 9.17) is 13.9 Å². The van der Waals surface area contributed by atoms with Gasteiger partial charge in [0.15, 0.2) is 6.23 Å². The van der Waals surface area contributed by atoms with E-state index in [1.807, 2.05) is 58.9 Å². The lowest BCUT2D eigenvalue weighted by Crippen LogP contribution is -2.73. The first kappa shape index (κ1) is 28.9. The van der Waals surface area contributed by atoms with Gasteiger partial charge in [0.25, 0.3) is 0 Å². The fourth-order valence-corrected chi connectivity index (χ4v) is 5.12. The maximum Gasteiger partial charge on any atom is 0.327 e. The number of fused-ring (bicyclic) bond motifs is 1. The molecule has 0 spiro atoms. The fourth-order valence-electron chi connectivity index (χ4n) is 5.12. The zero-order valence-corrected chi connectivity index (χ0v) is 23.9. The Hall–Kier alpha value is -4.07. The first-order valence-corrected chi connectivity index (χ1v) is 13.7. The van der Waals surface area contributed by atoms with E-state index in [2.05, 4.69) is 11.9 Å². The van der Waals surface area contributed by atoms with Crippen molar-refractivity contribution < 1.29 is 28.3 Å². The molecule has 0 aliphatic carbocycles. The van der Waals surface area contributed by atoms with Gasteiger partial charge in [0, 0.05) is 5.39 Å². The van der Waals surface area contributed by atoms with E-state index in [1.54, 1.807) is 36.6 Å². The SMILES string of the molecule is C=CC[C@@H](NC(=O)N1C(=O)C(CC)(CC)[C@@H]1Oc1ccc(CC(=O)OC(C)(C)C)cc1)c1ccc2occc2c1. The molecule has 8 nitrogen and oxygen atoms in total. The lowest BCUT2D eigenvalue weighted by molar-refractivity contribution is -0.191. The number of benzene rings is 2. The van der Waals surface area contributed by atoms with Gasteiger partial charge in [-0.15, -0.1) is 6.58 Å². The van der Waals surface area contributed by atoms with Gasteiger partial charge in [-0.3, -0.25) is 9.59 Å². The van der Waals surface area contributed by atoms with Crippen LogP contribution in [0.1, 0.15) is 71.0 Å². The van der Waals surface area contributed by atoms with E-state index < -0.39 is 23.3 Å². The second-order valence-corrected chi connectivity index (χ2v) is 11.2. The number of furan rings is 1. The third kappa shape index (κ3) is 5.91. The highest BCUT2D eigenvalue weighted by atomic mass is 16.6. The molecule has 1 aliphatic heterocycles. The molecule has 1 fully saturated rings. The smallest absolute Gasteiger partial charge is 0.327 e. The van der Waals surface area contributed by atoms with Gasteiger partial charge < -0.3 is 19.2 Å². The molecular weight excluding hydrogens is 508 g/mol. The maximum absolute atomic E-state index is 13.5. The second kappa shape index (κ2) is 11.6. The molecule has 40 heavy (non-hydrogen) atoms. The summed E-state index contributed by atoms with van der Waals surface area (Å²) in [5, 5.41) is 3.93. The molecule has 1 N–H and O–H groups in total. The van der Waals surface area contributed by atoms with Crippen LogP contribution in [-0.4, -0.2) is 34.6 Å². The Balaban J connectivity index is 1.51. The van der Waals surface area contributed by atoms with Crippen molar-refractivity contribution in [3.63, 3.8) is 0 Å². The highest BCUT2D eigenvalue weighted by Crippen LogP contribution is 2.46. The molecule has 0 radical (unpaired) electrons. The number of imide groups is 1. The minimum atomic E-state index is -0.809. The molecule has 0 unspecified atom stereocenters. The number of hydrogen-bond acceptors (Lipinski definition) is 6. The molecule has 1 aliphatic rings. The van der Waals surface area contributed by atoms with Gasteiger partial charge in [0.1, 0.15) is 22.3 Å². The summed E-state index contributed by atoms with van der Waals surface area (Å²) in [6.07, 6.45) is 4.26. The number of β-lactam (4-membered cyclic amide) rings is 1. The van der Waals surface area contributed by atoms with Gasteiger partial charge >= 0.3 is 12.0 Å². The number of ether oxygens (including phenoxy) is 2. The number of rotatable bonds is 10. The van der Waals surface area contributed by atoms with Crippen LogP contribution >= 0.6 is 0 Å². The summed E-state index contributed by atoms with van der Waals surface area (Å²) in [6.45, 7) is 13.2. The molecule has 4 rings (SSSR count). The maximum atomic E-state index is 13.5. The minimum Gasteiger partial charge on any atom is -0.469 e. The van der Waals surface area contributed by atoms with Crippen LogP contribution in [-0.2, 0) is 20.7 Å². The van der Waals surface area contributed by atoms with Crippen molar-refractivity contribution in [2.45, 2.75) is 78.2 Å². The van der Waals surface area contributed by atoms with Gasteiger partial charge in [0.05, 0.1) is 18.7 Å². The van der Waals surface area contributed by atoms with Crippen LogP contribution in [0.3, 0.4) is 0 Å². The van der Waals surface area contributed by atoms with Crippen LogP contribution in [0.15, 0.2) is 71.9 Å². The summed E-state index contributed by atoms with van der Waals surface area (Å²) in [6, 6.07) is 13.7. The van der Waals surface area contributed by atoms with E-state index in [9.17, 15) is 14.4 Å². The Kier molecular flexibility index (Phi) is 8.37. The number of amides is 3. The van der Waals surface area contributed by atoms with Crippen molar-refractivity contribution in [2.24, 2.45) is 5.41 Å². The number of carbonyl (C=O) groups is 3. The average Bonchev–Trinajstić information content (AvgIpc) is 3.37. The van der Waals surface area contributed by atoms with Crippen LogP contribution in [0.25, 0.3) is 11.0 Å². The summed E-state index contributed by atoms with van der Waals surface area (Å²) in [7, 11) is 0. The van der Waals surface area contributed by atoms with Crippen molar-refractivity contribution in [1.29, 1.82) is 0 Å². The molecule has 8 heteroatoms. The molecule has 3 amide bonds. The third-order valence-corrected chi connectivity index (χ3v) is 7.35. The second-order valence-electron chi connectivity index (χ2n) is 11.2.